The van der Waals surface area contributed by atoms with Gasteiger partial charge in [0.25, 0.3) is 5.91 Å². The molecule has 5 nitrogen and oxygen atoms in total. The minimum absolute atomic E-state index is 0.0101. The molecule has 2 N–H and O–H groups in total. The van der Waals surface area contributed by atoms with E-state index in [1.807, 2.05) is 36.1 Å². The second-order valence-corrected chi connectivity index (χ2v) is 6.30. The Kier molecular flexibility index (Phi) is 4.68. The number of amides is 1. The molecule has 1 aromatic heterocycles. The largest absolute Gasteiger partial charge is 0.334 e. The van der Waals surface area contributed by atoms with Gasteiger partial charge in [-0.1, -0.05) is 23.7 Å². The SMILES string of the molecule is Cc1c(C(=O)N2CCCCC2CN)cnn1-c1ccccc1Cl. The first-order chi connectivity index (χ1) is 11.1. The maximum absolute atomic E-state index is 12.9. The average molecular weight is 333 g/mol. The molecule has 1 aromatic carbocycles. The lowest BCUT2D eigenvalue weighted by Crippen LogP contribution is -2.47. The normalized spacial score (nSPS) is 18.2. The van der Waals surface area contributed by atoms with E-state index in [0.717, 1.165) is 37.2 Å². The fourth-order valence-electron chi connectivity index (χ4n) is 3.15. The van der Waals surface area contributed by atoms with Crippen LogP contribution in [0.2, 0.25) is 5.02 Å². The van der Waals surface area contributed by atoms with Crippen molar-refractivity contribution >= 4 is 17.5 Å². The molecule has 0 spiro atoms. The van der Waals surface area contributed by atoms with Crippen LogP contribution in [0.4, 0.5) is 0 Å². The number of likely N-dealkylation sites (tertiary alicyclic amines) is 1. The number of hydrogen-bond donors (Lipinski definition) is 1. The molecule has 0 saturated carbocycles. The number of piperidine rings is 1. The summed E-state index contributed by atoms with van der Waals surface area (Å²) in [5, 5.41) is 4.97. The highest BCUT2D eigenvalue weighted by Crippen LogP contribution is 2.24. The summed E-state index contributed by atoms with van der Waals surface area (Å²) < 4.78 is 1.72. The van der Waals surface area contributed by atoms with E-state index in [9.17, 15) is 4.79 Å². The van der Waals surface area contributed by atoms with E-state index < -0.39 is 0 Å². The maximum Gasteiger partial charge on any atom is 0.257 e. The summed E-state index contributed by atoms with van der Waals surface area (Å²) in [7, 11) is 0. The molecule has 0 radical (unpaired) electrons. The molecule has 1 atom stereocenters. The van der Waals surface area contributed by atoms with E-state index in [0.29, 0.717) is 17.1 Å². The molecule has 1 saturated heterocycles. The van der Waals surface area contributed by atoms with Crippen molar-refractivity contribution in [1.82, 2.24) is 14.7 Å². The molecule has 0 aliphatic carbocycles. The summed E-state index contributed by atoms with van der Waals surface area (Å²) in [6, 6.07) is 7.60. The summed E-state index contributed by atoms with van der Waals surface area (Å²) in [6.45, 7) is 3.16. The van der Waals surface area contributed by atoms with Gasteiger partial charge in [-0.15, -0.1) is 0 Å². The smallest absolute Gasteiger partial charge is 0.257 e. The van der Waals surface area contributed by atoms with Crippen LogP contribution in [0.5, 0.6) is 0 Å². The van der Waals surface area contributed by atoms with Crippen LogP contribution in [0.25, 0.3) is 5.69 Å². The van der Waals surface area contributed by atoms with Crippen molar-refractivity contribution in [2.24, 2.45) is 5.73 Å². The number of carbonyl (C=O) groups excluding carboxylic acids is 1. The van der Waals surface area contributed by atoms with Crippen LogP contribution in [-0.4, -0.2) is 39.7 Å². The molecule has 2 aromatic rings. The Balaban J connectivity index is 1.93. The first-order valence-corrected chi connectivity index (χ1v) is 8.32. The van der Waals surface area contributed by atoms with Crippen molar-refractivity contribution in [2.45, 2.75) is 32.2 Å². The molecule has 3 rings (SSSR count). The Morgan fingerprint density at radius 2 is 2.17 bits per heavy atom. The van der Waals surface area contributed by atoms with Gasteiger partial charge >= 0.3 is 0 Å². The topological polar surface area (TPSA) is 64.2 Å². The second kappa shape index (κ2) is 6.72. The zero-order valence-corrected chi connectivity index (χ0v) is 14.0. The first kappa shape index (κ1) is 16.0. The highest BCUT2D eigenvalue weighted by atomic mass is 35.5. The fraction of sp³-hybridized carbons (Fsp3) is 0.412. The Morgan fingerprint density at radius 3 is 2.91 bits per heavy atom. The summed E-state index contributed by atoms with van der Waals surface area (Å²) in [6.07, 6.45) is 4.76. The van der Waals surface area contributed by atoms with Crippen LogP contribution in [0.15, 0.2) is 30.5 Å². The highest BCUT2D eigenvalue weighted by molar-refractivity contribution is 6.32. The van der Waals surface area contributed by atoms with Crippen LogP contribution in [0, 0.1) is 6.92 Å². The third kappa shape index (κ3) is 2.99. The lowest BCUT2D eigenvalue weighted by atomic mass is 10.0. The minimum atomic E-state index is 0.0101. The number of para-hydroxylation sites is 1. The standard InChI is InChI=1S/C17H21ClN4O/c1-12-14(17(23)21-9-5-4-6-13(21)10-19)11-20-22(12)16-8-3-2-7-15(16)18/h2-3,7-8,11,13H,4-6,9-10,19H2,1H3. The maximum atomic E-state index is 12.9. The minimum Gasteiger partial charge on any atom is -0.334 e. The number of carbonyl (C=O) groups is 1. The summed E-state index contributed by atoms with van der Waals surface area (Å²) in [4.78, 5) is 14.8. The van der Waals surface area contributed by atoms with Gasteiger partial charge in [0.2, 0.25) is 0 Å². The van der Waals surface area contributed by atoms with Gasteiger partial charge in [-0.25, -0.2) is 4.68 Å². The molecule has 0 bridgehead atoms. The van der Waals surface area contributed by atoms with Crippen molar-refractivity contribution in [3.05, 3.63) is 46.7 Å². The van der Waals surface area contributed by atoms with Crippen molar-refractivity contribution in [3.8, 4) is 5.69 Å². The Hall–Kier alpha value is -1.85. The van der Waals surface area contributed by atoms with Gasteiger partial charge in [0.1, 0.15) is 0 Å². The number of aromatic nitrogens is 2. The number of rotatable bonds is 3. The summed E-state index contributed by atoms with van der Waals surface area (Å²) in [5.41, 5.74) is 8.02. The van der Waals surface area contributed by atoms with E-state index in [2.05, 4.69) is 5.10 Å². The molecule has 23 heavy (non-hydrogen) atoms. The van der Waals surface area contributed by atoms with E-state index in [4.69, 9.17) is 17.3 Å². The number of halogens is 1. The molecule has 6 heteroatoms. The molecule has 1 aliphatic heterocycles. The molecule has 1 unspecified atom stereocenters. The van der Waals surface area contributed by atoms with Gasteiger partial charge in [-0.2, -0.15) is 5.10 Å². The van der Waals surface area contributed by atoms with E-state index in [-0.39, 0.29) is 11.9 Å². The monoisotopic (exact) mass is 332 g/mol. The third-order valence-electron chi connectivity index (χ3n) is 4.48. The highest BCUT2D eigenvalue weighted by Gasteiger charge is 2.28. The van der Waals surface area contributed by atoms with Crippen LogP contribution in [-0.2, 0) is 0 Å². The van der Waals surface area contributed by atoms with Gasteiger partial charge in [0.05, 0.1) is 28.2 Å². The Bertz CT molecular complexity index is 712. The van der Waals surface area contributed by atoms with Crippen LogP contribution in [0.3, 0.4) is 0 Å². The number of nitrogens with zero attached hydrogens (tertiary/aromatic N) is 3. The molecule has 122 valence electrons. The molecule has 1 fully saturated rings. The predicted octanol–water partition coefficient (Wildman–Crippen LogP) is 2.79. The molecule has 1 aliphatic rings. The zero-order valence-electron chi connectivity index (χ0n) is 13.2. The number of hydrogen-bond acceptors (Lipinski definition) is 3. The Morgan fingerprint density at radius 1 is 1.39 bits per heavy atom. The van der Waals surface area contributed by atoms with Crippen LogP contribution < -0.4 is 5.73 Å². The van der Waals surface area contributed by atoms with Crippen LogP contribution >= 0.6 is 11.6 Å². The van der Waals surface area contributed by atoms with Gasteiger partial charge in [-0.05, 0) is 38.3 Å². The van der Waals surface area contributed by atoms with Crippen molar-refractivity contribution in [2.75, 3.05) is 13.1 Å². The third-order valence-corrected chi connectivity index (χ3v) is 4.80. The van der Waals surface area contributed by atoms with E-state index in [1.165, 1.54) is 0 Å². The summed E-state index contributed by atoms with van der Waals surface area (Å²) >= 11 is 6.24. The lowest BCUT2D eigenvalue weighted by Gasteiger charge is -2.35. The second-order valence-electron chi connectivity index (χ2n) is 5.89. The van der Waals surface area contributed by atoms with Crippen LogP contribution in [0.1, 0.15) is 35.3 Å². The summed E-state index contributed by atoms with van der Waals surface area (Å²) in [5.74, 6) is 0.0101. The number of benzene rings is 1. The van der Waals surface area contributed by atoms with Gasteiger partial charge in [0.15, 0.2) is 0 Å². The van der Waals surface area contributed by atoms with Gasteiger partial charge in [0, 0.05) is 19.1 Å². The van der Waals surface area contributed by atoms with Crippen molar-refractivity contribution in [1.29, 1.82) is 0 Å². The molecular formula is C17H21ClN4O. The lowest BCUT2D eigenvalue weighted by molar-refractivity contribution is 0.0622. The van der Waals surface area contributed by atoms with Crippen molar-refractivity contribution in [3.63, 3.8) is 0 Å². The Labute approximate surface area is 141 Å². The molecule has 1 amide bonds. The fourth-order valence-corrected chi connectivity index (χ4v) is 3.37. The van der Waals surface area contributed by atoms with E-state index >= 15 is 0 Å². The average Bonchev–Trinajstić information content (AvgIpc) is 2.96. The molecular weight excluding hydrogens is 312 g/mol. The number of nitrogens with two attached hydrogens (primary N) is 1. The predicted molar refractivity (Wildman–Crippen MR) is 91.0 cm³/mol. The first-order valence-electron chi connectivity index (χ1n) is 7.94. The van der Waals surface area contributed by atoms with E-state index in [1.54, 1.807) is 10.9 Å². The zero-order chi connectivity index (χ0) is 16.4. The quantitative estimate of drug-likeness (QED) is 0.940. The molecule has 2 heterocycles. The van der Waals surface area contributed by atoms with Crippen molar-refractivity contribution < 1.29 is 4.79 Å². The van der Waals surface area contributed by atoms with Gasteiger partial charge < -0.3 is 10.6 Å². The van der Waals surface area contributed by atoms with Gasteiger partial charge in [-0.3, -0.25) is 4.79 Å².